The molecule has 0 aliphatic rings. The predicted octanol–water partition coefficient (Wildman–Crippen LogP) is -1.79. The summed E-state index contributed by atoms with van der Waals surface area (Å²) in [6.07, 6.45) is -2.61. The highest BCUT2D eigenvalue weighted by Gasteiger charge is 2.21. The van der Waals surface area contributed by atoms with Gasteiger partial charge in [-0.1, -0.05) is 14.9 Å². The molecule has 136 valence electrons. The van der Waals surface area contributed by atoms with Crippen LogP contribution in [0.25, 0.3) is 0 Å². The van der Waals surface area contributed by atoms with Gasteiger partial charge in [-0.2, -0.15) is 0 Å². The standard InChI is InChI=1S/2C6H13NO3.2CH4/c2*1-7(2,3)4-5(8)6(9)10;;/h2*5,8H,4H2,1-3H3;2*1H4/p+1/t2*5-;;/m00../s1. The van der Waals surface area contributed by atoms with Crippen LogP contribution in [0.4, 0.5) is 0 Å². The van der Waals surface area contributed by atoms with Crippen LogP contribution in [0.5, 0.6) is 0 Å². The van der Waals surface area contributed by atoms with Crippen molar-refractivity contribution in [3.8, 4) is 0 Å². The predicted molar refractivity (Wildman–Crippen MR) is 83.9 cm³/mol. The quantitative estimate of drug-likeness (QED) is 0.496. The Balaban J connectivity index is -0.000000135. The molecule has 2 atom stereocenters. The topological polar surface area (TPSA) is 118 Å². The number of likely N-dealkylation sites (N-methyl/N-ethyl adjacent to an activating group) is 2. The highest BCUT2D eigenvalue weighted by Crippen LogP contribution is 1.94. The summed E-state index contributed by atoms with van der Waals surface area (Å²) in [7, 11) is 10.9. The van der Waals surface area contributed by atoms with Crippen LogP contribution < -0.4 is 5.11 Å². The van der Waals surface area contributed by atoms with Crippen molar-refractivity contribution in [2.24, 2.45) is 0 Å². The van der Waals surface area contributed by atoms with Crippen LogP contribution in [0, 0.1) is 0 Å². The van der Waals surface area contributed by atoms with Gasteiger partial charge in [-0.05, 0) is 0 Å². The van der Waals surface area contributed by atoms with E-state index >= 15 is 0 Å². The fourth-order valence-corrected chi connectivity index (χ4v) is 1.19. The third kappa shape index (κ3) is 21.1. The van der Waals surface area contributed by atoms with Crippen LogP contribution in [0.15, 0.2) is 0 Å². The number of aliphatic hydroxyl groups excluding tert-OH is 2. The minimum atomic E-state index is -1.41. The summed E-state index contributed by atoms with van der Waals surface area (Å²) < 4.78 is 0.864. The molecule has 0 aromatic heterocycles. The lowest BCUT2D eigenvalue weighted by molar-refractivity contribution is -0.872. The van der Waals surface area contributed by atoms with Gasteiger partial charge in [0.25, 0.3) is 0 Å². The molecule has 8 nitrogen and oxygen atoms in total. The normalized spacial score (nSPS) is 13.5. The number of carbonyl (C=O) groups excluding carboxylic acids is 1. The summed E-state index contributed by atoms with van der Waals surface area (Å²) in [5.41, 5.74) is 0. The second kappa shape index (κ2) is 11.4. The minimum absolute atomic E-state index is 0. The lowest BCUT2D eigenvalue weighted by Gasteiger charge is -2.26. The molecule has 22 heavy (non-hydrogen) atoms. The summed E-state index contributed by atoms with van der Waals surface area (Å²) in [5.74, 6) is -2.57. The molecule has 0 unspecified atom stereocenters. The number of carbonyl (C=O) groups is 2. The lowest BCUT2D eigenvalue weighted by Crippen LogP contribution is -2.48. The molecule has 0 saturated heterocycles. The molecule has 0 aliphatic heterocycles. The summed E-state index contributed by atoms with van der Waals surface area (Å²) in [5, 5.41) is 35.9. The van der Waals surface area contributed by atoms with Gasteiger partial charge in [0.05, 0.1) is 48.3 Å². The molecule has 0 aromatic rings. The first-order valence-electron chi connectivity index (χ1n) is 6.06. The van der Waals surface area contributed by atoms with E-state index in [-0.39, 0.29) is 27.9 Å². The molecule has 8 heteroatoms. The Bertz CT molecular complexity index is 288. The van der Waals surface area contributed by atoms with E-state index < -0.39 is 24.1 Å². The molecule has 0 aromatic carbocycles. The van der Waals surface area contributed by atoms with Gasteiger partial charge >= 0.3 is 5.97 Å². The Morgan fingerprint density at radius 1 is 0.864 bits per heavy atom. The molecule has 3 N–H and O–H groups in total. The molecule has 0 saturated carbocycles. The van der Waals surface area contributed by atoms with Crippen molar-refractivity contribution >= 4 is 11.9 Å². The summed E-state index contributed by atoms with van der Waals surface area (Å²) in [6.45, 7) is 0.400. The van der Waals surface area contributed by atoms with Crippen LogP contribution in [-0.4, -0.2) is 104 Å². The second-order valence-electron chi connectivity index (χ2n) is 6.63. The second-order valence-corrected chi connectivity index (χ2v) is 6.63. The van der Waals surface area contributed by atoms with Gasteiger partial charge in [-0.15, -0.1) is 0 Å². The fraction of sp³-hybridized carbons (Fsp3) is 0.857. The highest BCUT2D eigenvalue weighted by molar-refractivity contribution is 5.72. The molecule has 0 bridgehead atoms. The van der Waals surface area contributed by atoms with E-state index in [2.05, 4.69) is 0 Å². The van der Waals surface area contributed by atoms with Crippen LogP contribution in [0.2, 0.25) is 0 Å². The fourth-order valence-electron chi connectivity index (χ4n) is 1.19. The van der Waals surface area contributed by atoms with Gasteiger partial charge in [-0.25, -0.2) is 4.79 Å². The van der Waals surface area contributed by atoms with Crippen LogP contribution in [-0.2, 0) is 9.59 Å². The maximum absolute atomic E-state index is 10.1. The SMILES string of the molecule is C.C.C[N+](C)(C)C[C@H](O)C(=O)O.C[N+](C)(C)C[C@H](O)C(=O)[O-]. The minimum Gasteiger partial charge on any atom is -0.547 e. The van der Waals surface area contributed by atoms with Crippen molar-refractivity contribution in [2.75, 3.05) is 55.4 Å². The lowest BCUT2D eigenvalue weighted by atomic mass is 10.3. The maximum Gasteiger partial charge on any atom is 0.338 e. The number of rotatable bonds is 6. The number of nitrogens with zero attached hydrogens (tertiary/aromatic N) is 2. The first kappa shape index (κ1) is 28.9. The monoisotopic (exact) mass is 327 g/mol. The van der Waals surface area contributed by atoms with E-state index in [0.717, 1.165) is 0 Å². The van der Waals surface area contributed by atoms with Crippen LogP contribution in [0.3, 0.4) is 0 Å². The van der Waals surface area contributed by atoms with E-state index in [1.54, 1.807) is 21.1 Å². The number of aliphatic carboxylic acids is 2. The Kier molecular flexibility index (Phi) is 14.9. The van der Waals surface area contributed by atoms with Crippen LogP contribution >= 0.6 is 0 Å². The van der Waals surface area contributed by atoms with Crippen molar-refractivity contribution in [2.45, 2.75) is 27.1 Å². The highest BCUT2D eigenvalue weighted by atomic mass is 16.4. The third-order valence-corrected chi connectivity index (χ3v) is 2.00. The number of carboxylic acids is 2. The van der Waals surface area contributed by atoms with Gasteiger partial charge in [0, 0.05) is 0 Å². The largest absolute Gasteiger partial charge is 0.547 e. The van der Waals surface area contributed by atoms with Gasteiger partial charge in [-0.3, -0.25) is 0 Å². The molecular weight excluding hydrogens is 292 g/mol. The number of carboxylic acid groups (broad SMARTS) is 2. The Morgan fingerprint density at radius 2 is 1.14 bits per heavy atom. The summed E-state index contributed by atoms with van der Waals surface area (Å²) >= 11 is 0. The Morgan fingerprint density at radius 3 is 1.23 bits per heavy atom. The first-order valence-corrected chi connectivity index (χ1v) is 6.06. The average molecular weight is 327 g/mol. The van der Waals surface area contributed by atoms with Crippen LogP contribution in [0.1, 0.15) is 14.9 Å². The zero-order valence-electron chi connectivity index (χ0n) is 13.0. The average Bonchev–Trinajstić information content (AvgIpc) is 2.12. The van der Waals surface area contributed by atoms with E-state index in [0.29, 0.717) is 8.97 Å². The third-order valence-electron chi connectivity index (χ3n) is 2.00. The number of hydrogen-bond acceptors (Lipinski definition) is 5. The number of hydrogen-bond donors (Lipinski definition) is 3. The number of quaternary nitrogens is 2. The van der Waals surface area contributed by atoms with Crippen molar-refractivity contribution in [3.63, 3.8) is 0 Å². The van der Waals surface area contributed by atoms with Crippen molar-refractivity contribution in [1.82, 2.24) is 0 Å². The molecule has 0 spiro atoms. The Labute approximate surface area is 134 Å². The van der Waals surface area contributed by atoms with E-state index in [1.807, 2.05) is 21.1 Å². The van der Waals surface area contributed by atoms with Gasteiger partial charge in [0.1, 0.15) is 19.2 Å². The first-order chi connectivity index (χ1) is 8.65. The van der Waals surface area contributed by atoms with Gasteiger partial charge in [0.15, 0.2) is 0 Å². The molecule has 0 aliphatic carbocycles. The van der Waals surface area contributed by atoms with E-state index in [4.69, 9.17) is 15.3 Å². The smallest absolute Gasteiger partial charge is 0.338 e. The molecular formula is C14H35N2O6+. The van der Waals surface area contributed by atoms with Crippen molar-refractivity contribution in [1.29, 1.82) is 0 Å². The molecule has 0 amide bonds. The number of aliphatic hydroxyl groups is 2. The van der Waals surface area contributed by atoms with Crippen molar-refractivity contribution < 1.29 is 39.0 Å². The van der Waals surface area contributed by atoms with E-state index in [9.17, 15) is 14.7 Å². The molecule has 0 rings (SSSR count). The zero-order chi connectivity index (χ0) is 16.7. The molecule has 0 fully saturated rings. The molecule has 0 heterocycles. The summed E-state index contributed by atoms with van der Waals surface area (Å²) in [6, 6.07) is 0. The molecule has 0 radical (unpaired) electrons. The van der Waals surface area contributed by atoms with Gasteiger partial charge in [0.2, 0.25) is 6.10 Å². The van der Waals surface area contributed by atoms with E-state index in [1.165, 1.54) is 0 Å². The van der Waals surface area contributed by atoms with Gasteiger partial charge < -0.3 is 34.2 Å². The van der Waals surface area contributed by atoms with Crippen molar-refractivity contribution in [3.05, 3.63) is 0 Å². The zero-order valence-corrected chi connectivity index (χ0v) is 13.0. The Hall–Kier alpha value is -1.22. The maximum atomic E-state index is 10.1. The summed E-state index contributed by atoms with van der Waals surface area (Å²) in [4.78, 5) is 20.1.